The van der Waals surface area contributed by atoms with Crippen molar-refractivity contribution in [1.29, 1.82) is 0 Å². The highest BCUT2D eigenvalue weighted by Crippen LogP contribution is 2.30. The Kier molecular flexibility index (Phi) is 5.68. The van der Waals surface area contributed by atoms with Crippen molar-refractivity contribution in [3.63, 3.8) is 0 Å². The summed E-state index contributed by atoms with van der Waals surface area (Å²) in [7, 11) is 0. The van der Waals surface area contributed by atoms with Gasteiger partial charge >= 0.3 is 0 Å². The normalized spacial score (nSPS) is 16.2. The maximum atomic E-state index is 12.7. The molecule has 1 amide bonds. The third kappa shape index (κ3) is 4.18. The highest BCUT2D eigenvalue weighted by Gasteiger charge is 2.38. The molecule has 1 aliphatic heterocycles. The number of carbonyl (C=O) groups is 1. The van der Waals surface area contributed by atoms with E-state index in [0.29, 0.717) is 39.1 Å². The summed E-state index contributed by atoms with van der Waals surface area (Å²) in [5, 5.41) is 3.03. The molecule has 25 heavy (non-hydrogen) atoms. The summed E-state index contributed by atoms with van der Waals surface area (Å²) in [6.45, 7) is 1.91. The van der Waals surface area contributed by atoms with Crippen LogP contribution in [-0.2, 0) is 16.1 Å². The van der Waals surface area contributed by atoms with E-state index in [0.717, 1.165) is 17.1 Å². The minimum atomic E-state index is -0.520. The third-order valence-corrected chi connectivity index (χ3v) is 4.71. The lowest BCUT2D eigenvalue weighted by atomic mass is 9.79. The van der Waals surface area contributed by atoms with Gasteiger partial charge in [-0.2, -0.15) is 0 Å². The average Bonchev–Trinajstić information content (AvgIpc) is 2.68. The Morgan fingerprint density at radius 3 is 2.48 bits per heavy atom. The molecule has 0 radical (unpaired) electrons. The molecule has 0 atom stereocenters. The largest absolute Gasteiger partial charge is 0.457 e. The van der Waals surface area contributed by atoms with Crippen molar-refractivity contribution in [3.05, 3.63) is 60.2 Å². The first-order chi connectivity index (χ1) is 12.2. The first-order valence-corrected chi connectivity index (χ1v) is 8.60. The zero-order chi connectivity index (χ0) is 17.5. The smallest absolute Gasteiger partial charge is 0.227 e. The van der Waals surface area contributed by atoms with Crippen molar-refractivity contribution in [1.82, 2.24) is 5.32 Å². The van der Waals surface area contributed by atoms with Gasteiger partial charge in [-0.1, -0.05) is 36.4 Å². The fourth-order valence-electron chi connectivity index (χ4n) is 3.01. The van der Waals surface area contributed by atoms with Crippen molar-refractivity contribution in [2.45, 2.75) is 19.4 Å². The quantitative estimate of drug-likeness (QED) is 0.848. The first-order valence-electron chi connectivity index (χ1n) is 8.60. The Labute approximate surface area is 148 Å². The molecule has 0 aromatic heterocycles. The van der Waals surface area contributed by atoms with E-state index in [9.17, 15) is 4.79 Å². The van der Waals surface area contributed by atoms with Crippen molar-refractivity contribution in [2.24, 2.45) is 11.1 Å². The molecule has 132 valence electrons. The average molecular weight is 340 g/mol. The SMILES string of the molecule is NCC1(C(=O)NCc2ccccc2Oc2ccccc2)CCOCC1. The van der Waals surface area contributed by atoms with E-state index in [-0.39, 0.29) is 5.91 Å². The van der Waals surface area contributed by atoms with Crippen LogP contribution in [0.25, 0.3) is 0 Å². The molecule has 0 bridgehead atoms. The molecular formula is C20H24N2O3. The summed E-state index contributed by atoms with van der Waals surface area (Å²) in [5.74, 6) is 1.50. The van der Waals surface area contributed by atoms with Crippen molar-refractivity contribution in [2.75, 3.05) is 19.8 Å². The second-order valence-electron chi connectivity index (χ2n) is 6.30. The molecule has 5 nitrogen and oxygen atoms in total. The van der Waals surface area contributed by atoms with Crippen LogP contribution in [0.3, 0.4) is 0 Å². The Hall–Kier alpha value is -2.37. The van der Waals surface area contributed by atoms with E-state index in [1.54, 1.807) is 0 Å². The standard InChI is InChI=1S/C20H24N2O3/c21-15-20(10-12-24-13-11-20)19(23)22-14-16-6-4-5-9-18(16)25-17-7-2-1-3-8-17/h1-9H,10-15,21H2,(H,22,23). The zero-order valence-corrected chi connectivity index (χ0v) is 14.2. The fourth-order valence-corrected chi connectivity index (χ4v) is 3.01. The molecular weight excluding hydrogens is 316 g/mol. The maximum absolute atomic E-state index is 12.7. The number of para-hydroxylation sites is 2. The molecule has 1 saturated heterocycles. The lowest BCUT2D eigenvalue weighted by Crippen LogP contribution is -2.48. The molecule has 0 unspecified atom stereocenters. The number of rotatable bonds is 6. The van der Waals surface area contributed by atoms with Gasteiger partial charge in [-0.05, 0) is 31.0 Å². The molecule has 0 aliphatic carbocycles. The van der Waals surface area contributed by atoms with E-state index in [1.807, 2.05) is 54.6 Å². The van der Waals surface area contributed by atoms with E-state index >= 15 is 0 Å². The van der Waals surface area contributed by atoms with Crippen LogP contribution in [0.1, 0.15) is 18.4 Å². The number of hydrogen-bond acceptors (Lipinski definition) is 4. The Morgan fingerprint density at radius 1 is 1.08 bits per heavy atom. The fraction of sp³-hybridized carbons (Fsp3) is 0.350. The van der Waals surface area contributed by atoms with Crippen molar-refractivity contribution in [3.8, 4) is 11.5 Å². The number of benzene rings is 2. The molecule has 0 saturated carbocycles. The molecule has 5 heteroatoms. The molecule has 3 rings (SSSR count). The lowest BCUT2D eigenvalue weighted by Gasteiger charge is -2.34. The minimum Gasteiger partial charge on any atom is -0.457 e. The third-order valence-electron chi connectivity index (χ3n) is 4.71. The Bertz CT molecular complexity index is 697. The summed E-state index contributed by atoms with van der Waals surface area (Å²) < 4.78 is 11.3. The van der Waals surface area contributed by atoms with E-state index in [1.165, 1.54) is 0 Å². The molecule has 1 fully saturated rings. The van der Waals surface area contributed by atoms with Gasteiger partial charge in [-0.3, -0.25) is 4.79 Å². The van der Waals surface area contributed by atoms with Crippen LogP contribution in [0.5, 0.6) is 11.5 Å². The van der Waals surface area contributed by atoms with Crippen LogP contribution in [0.2, 0.25) is 0 Å². The van der Waals surface area contributed by atoms with Gasteiger partial charge in [-0.15, -0.1) is 0 Å². The van der Waals surface area contributed by atoms with E-state index < -0.39 is 5.41 Å². The Morgan fingerprint density at radius 2 is 1.76 bits per heavy atom. The second-order valence-corrected chi connectivity index (χ2v) is 6.30. The van der Waals surface area contributed by atoms with Gasteiger partial charge in [0.2, 0.25) is 5.91 Å². The summed E-state index contributed by atoms with van der Waals surface area (Å²) in [5.41, 5.74) is 6.31. The number of ether oxygens (including phenoxy) is 2. The van der Waals surface area contributed by atoms with Gasteiger partial charge in [0.05, 0.1) is 5.41 Å². The topological polar surface area (TPSA) is 73.6 Å². The minimum absolute atomic E-state index is 0.00665. The van der Waals surface area contributed by atoms with E-state index in [4.69, 9.17) is 15.2 Å². The van der Waals surface area contributed by atoms with Crippen LogP contribution < -0.4 is 15.8 Å². The summed E-state index contributed by atoms with van der Waals surface area (Å²) >= 11 is 0. The van der Waals surface area contributed by atoms with Gasteiger partial charge in [0.1, 0.15) is 11.5 Å². The molecule has 3 N–H and O–H groups in total. The van der Waals surface area contributed by atoms with Crippen LogP contribution in [0, 0.1) is 5.41 Å². The van der Waals surface area contributed by atoms with Gasteiger partial charge in [0.15, 0.2) is 0 Å². The predicted molar refractivity (Wildman–Crippen MR) is 96.3 cm³/mol. The second kappa shape index (κ2) is 8.14. The van der Waals surface area contributed by atoms with Gasteiger partial charge in [-0.25, -0.2) is 0 Å². The number of nitrogens with two attached hydrogens (primary N) is 1. The predicted octanol–water partition coefficient (Wildman–Crippen LogP) is 2.85. The van der Waals surface area contributed by atoms with Crippen LogP contribution in [0.4, 0.5) is 0 Å². The molecule has 2 aromatic rings. The van der Waals surface area contributed by atoms with Gasteiger partial charge in [0, 0.05) is 31.9 Å². The van der Waals surface area contributed by atoms with E-state index in [2.05, 4.69) is 5.32 Å². The van der Waals surface area contributed by atoms with Crippen LogP contribution in [-0.4, -0.2) is 25.7 Å². The van der Waals surface area contributed by atoms with Crippen molar-refractivity contribution >= 4 is 5.91 Å². The highest BCUT2D eigenvalue weighted by atomic mass is 16.5. The summed E-state index contributed by atoms with van der Waals surface area (Å²) in [6.07, 6.45) is 1.33. The maximum Gasteiger partial charge on any atom is 0.227 e. The number of nitrogens with one attached hydrogen (secondary N) is 1. The van der Waals surface area contributed by atoms with Crippen LogP contribution >= 0.6 is 0 Å². The zero-order valence-electron chi connectivity index (χ0n) is 14.2. The van der Waals surface area contributed by atoms with Crippen molar-refractivity contribution < 1.29 is 14.3 Å². The first kappa shape index (κ1) is 17.5. The summed E-state index contributed by atoms with van der Waals surface area (Å²) in [4.78, 5) is 12.7. The number of amides is 1. The molecule has 1 aliphatic rings. The van der Waals surface area contributed by atoms with Gasteiger partial charge < -0.3 is 20.5 Å². The monoisotopic (exact) mass is 340 g/mol. The lowest BCUT2D eigenvalue weighted by molar-refractivity contribution is -0.136. The number of hydrogen-bond donors (Lipinski definition) is 2. The van der Waals surface area contributed by atoms with Crippen LogP contribution in [0.15, 0.2) is 54.6 Å². The molecule has 1 heterocycles. The van der Waals surface area contributed by atoms with Gasteiger partial charge in [0.25, 0.3) is 0 Å². The molecule has 0 spiro atoms. The number of carbonyl (C=O) groups excluding carboxylic acids is 1. The Balaban J connectivity index is 1.68. The molecule has 2 aromatic carbocycles. The highest BCUT2D eigenvalue weighted by molar-refractivity contribution is 5.83. The summed E-state index contributed by atoms with van der Waals surface area (Å²) in [6, 6.07) is 17.3.